The van der Waals surface area contributed by atoms with Crippen LogP contribution in [0.1, 0.15) is 12.5 Å². The van der Waals surface area contributed by atoms with Crippen LogP contribution in [0.5, 0.6) is 5.75 Å². The van der Waals surface area contributed by atoms with Gasteiger partial charge in [-0.1, -0.05) is 41.4 Å². The Kier molecular flexibility index (Phi) is 4.64. The third-order valence-corrected chi connectivity index (χ3v) is 4.30. The second-order valence-electron chi connectivity index (χ2n) is 5.40. The first-order valence-corrected chi connectivity index (χ1v) is 8.04. The number of rotatable bonds is 3. The minimum atomic E-state index is -0.187. The van der Waals surface area contributed by atoms with Crippen LogP contribution in [0.2, 0.25) is 10.0 Å². The van der Waals surface area contributed by atoms with Gasteiger partial charge in [-0.15, -0.1) is 0 Å². The summed E-state index contributed by atoms with van der Waals surface area (Å²) in [6.45, 7) is 2.06. The lowest BCUT2D eigenvalue weighted by atomic mass is 10.1. The number of benzene rings is 2. The van der Waals surface area contributed by atoms with Crippen molar-refractivity contribution < 1.29 is 9.53 Å². The summed E-state index contributed by atoms with van der Waals surface area (Å²) in [5.74, 6) is 0.478. The zero-order chi connectivity index (χ0) is 16.4. The number of hydrogen-bond donors (Lipinski definition) is 1. The average Bonchev–Trinajstić information content (AvgIpc) is 2.85. The molecule has 4 nitrogen and oxygen atoms in total. The van der Waals surface area contributed by atoms with Gasteiger partial charge in [0.15, 0.2) is 6.73 Å². The highest BCUT2D eigenvalue weighted by Crippen LogP contribution is 2.31. The summed E-state index contributed by atoms with van der Waals surface area (Å²) in [6.07, 6.45) is 0.855. The van der Waals surface area contributed by atoms with Crippen molar-refractivity contribution in [3.8, 4) is 5.75 Å². The maximum absolute atomic E-state index is 12.4. The molecule has 1 aliphatic heterocycles. The van der Waals surface area contributed by atoms with Crippen molar-refractivity contribution in [2.45, 2.75) is 19.4 Å². The third-order valence-electron chi connectivity index (χ3n) is 3.77. The standard InChI is InChI=1S/C17H16Cl2N2O2/c1-11-8-12-4-2-3-5-15(12)21(11)17(22)20-10-23-16-7-6-13(18)9-14(16)19/h2-7,9,11H,8,10H2,1H3,(H,20,22). The number of urea groups is 1. The molecule has 0 fully saturated rings. The van der Waals surface area contributed by atoms with Crippen LogP contribution in [0.3, 0.4) is 0 Å². The van der Waals surface area contributed by atoms with E-state index in [4.69, 9.17) is 27.9 Å². The number of halogens is 2. The van der Waals surface area contributed by atoms with Crippen LogP contribution in [0.25, 0.3) is 0 Å². The third kappa shape index (κ3) is 3.38. The van der Waals surface area contributed by atoms with E-state index in [1.807, 2.05) is 31.2 Å². The van der Waals surface area contributed by atoms with Gasteiger partial charge in [0, 0.05) is 16.8 Å². The van der Waals surface area contributed by atoms with E-state index in [-0.39, 0.29) is 18.8 Å². The van der Waals surface area contributed by atoms with Crippen LogP contribution >= 0.6 is 23.2 Å². The number of hydrogen-bond acceptors (Lipinski definition) is 2. The molecule has 1 aliphatic rings. The predicted molar refractivity (Wildman–Crippen MR) is 92.6 cm³/mol. The second kappa shape index (κ2) is 6.69. The zero-order valence-corrected chi connectivity index (χ0v) is 14.1. The number of anilines is 1. The Morgan fingerprint density at radius 3 is 2.87 bits per heavy atom. The number of ether oxygens (including phenoxy) is 1. The van der Waals surface area contributed by atoms with Gasteiger partial charge >= 0.3 is 6.03 Å². The molecule has 0 radical (unpaired) electrons. The summed E-state index contributed by atoms with van der Waals surface area (Å²) in [5, 5.41) is 3.70. The fourth-order valence-electron chi connectivity index (χ4n) is 2.73. The molecular weight excluding hydrogens is 335 g/mol. The van der Waals surface area contributed by atoms with Crippen LogP contribution in [-0.4, -0.2) is 18.8 Å². The number of nitrogens with zero attached hydrogens (tertiary/aromatic N) is 1. The first-order valence-electron chi connectivity index (χ1n) is 7.29. The van der Waals surface area contributed by atoms with Gasteiger partial charge in [-0.2, -0.15) is 0 Å². The zero-order valence-electron chi connectivity index (χ0n) is 12.6. The molecule has 3 rings (SSSR count). The van der Waals surface area contributed by atoms with Gasteiger partial charge in [-0.05, 0) is 43.2 Å². The molecule has 1 unspecified atom stereocenters. The number of amides is 2. The van der Waals surface area contributed by atoms with Crippen LogP contribution in [0.4, 0.5) is 10.5 Å². The monoisotopic (exact) mass is 350 g/mol. The normalized spacial score (nSPS) is 16.1. The molecule has 0 saturated carbocycles. The number of fused-ring (bicyclic) bond motifs is 1. The van der Waals surface area contributed by atoms with Gasteiger partial charge in [0.1, 0.15) is 5.75 Å². The largest absolute Gasteiger partial charge is 0.472 e. The smallest absolute Gasteiger partial charge is 0.324 e. The highest BCUT2D eigenvalue weighted by Gasteiger charge is 2.30. The fourth-order valence-corrected chi connectivity index (χ4v) is 3.19. The van der Waals surface area contributed by atoms with Crippen LogP contribution < -0.4 is 15.0 Å². The Balaban J connectivity index is 1.62. The van der Waals surface area contributed by atoms with Gasteiger partial charge in [-0.3, -0.25) is 4.90 Å². The van der Waals surface area contributed by atoms with Crippen molar-refractivity contribution in [1.29, 1.82) is 0 Å². The summed E-state index contributed by atoms with van der Waals surface area (Å²) in [6, 6.07) is 12.8. The molecule has 6 heteroatoms. The van der Waals surface area contributed by atoms with Gasteiger partial charge < -0.3 is 10.1 Å². The summed E-state index contributed by atoms with van der Waals surface area (Å²) >= 11 is 11.9. The molecule has 0 bridgehead atoms. The predicted octanol–water partition coefficient (Wildman–Crippen LogP) is 4.49. The Morgan fingerprint density at radius 2 is 2.09 bits per heavy atom. The molecule has 0 spiro atoms. The number of nitrogens with one attached hydrogen (secondary N) is 1. The molecule has 1 N–H and O–H groups in total. The molecule has 0 saturated heterocycles. The van der Waals surface area contributed by atoms with Gasteiger partial charge in [0.05, 0.1) is 5.02 Å². The van der Waals surface area contributed by atoms with Crippen LogP contribution in [0, 0.1) is 0 Å². The number of carbonyl (C=O) groups excluding carboxylic acids is 1. The van der Waals surface area contributed by atoms with E-state index in [1.165, 1.54) is 5.56 Å². The number of carbonyl (C=O) groups is 1. The lowest BCUT2D eigenvalue weighted by Gasteiger charge is -2.23. The summed E-state index contributed by atoms with van der Waals surface area (Å²) in [5.41, 5.74) is 2.12. The number of para-hydroxylation sites is 1. The van der Waals surface area contributed by atoms with Crippen molar-refractivity contribution in [1.82, 2.24) is 5.32 Å². The second-order valence-corrected chi connectivity index (χ2v) is 6.24. The highest BCUT2D eigenvalue weighted by molar-refractivity contribution is 6.35. The average molecular weight is 351 g/mol. The lowest BCUT2D eigenvalue weighted by Crippen LogP contribution is -2.44. The Labute approximate surface area is 144 Å². The highest BCUT2D eigenvalue weighted by atomic mass is 35.5. The molecule has 2 aromatic carbocycles. The van der Waals surface area contributed by atoms with Crippen molar-refractivity contribution >= 4 is 34.9 Å². The molecule has 1 heterocycles. The van der Waals surface area contributed by atoms with E-state index in [2.05, 4.69) is 5.32 Å². The van der Waals surface area contributed by atoms with Gasteiger partial charge in [0.2, 0.25) is 0 Å². The van der Waals surface area contributed by atoms with E-state index in [0.29, 0.717) is 15.8 Å². The molecule has 0 aliphatic carbocycles. The van der Waals surface area contributed by atoms with Crippen molar-refractivity contribution in [3.05, 3.63) is 58.1 Å². The van der Waals surface area contributed by atoms with Crippen molar-refractivity contribution in [2.24, 2.45) is 0 Å². The Bertz CT molecular complexity index is 736. The first kappa shape index (κ1) is 16.0. The van der Waals surface area contributed by atoms with E-state index < -0.39 is 0 Å². The minimum absolute atomic E-state index is 0.0333. The maximum Gasteiger partial charge on any atom is 0.324 e. The summed E-state index contributed by atoms with van der Waals surface area (Å²) in [4.78, 5) is 14.2. The summed E-state index contributed by atoms with van der Waals surface area (Å²) < 4.78 is 5.50. The molecule has 1 atom stereocenters. The van der Waals surface area contributed by atoms with E-state index in [9.17, 15) is 4.79 Å². The molecule has 0 aromatic heterocycles. The van der Waals surface area contributed by atoms with E-state index in [0.717, 1.165) is 12.1 Å². The van der Waals surface area contributed by atoms with Crippen LogP contribution in [0.15, 0.2) is 42.5 Å². The topological polar surface area (TPSA) is 41.6 Å². The Morgan fingerprint density at radius 1 is 1.30 bits per heavy atom. The molecule has 2 amide bonds. The first-order chi connectivity index (χ1) is 11.1. The molecule has 23 heavy (non-hydrogen) atoms. The van der Waals surface area contributed by atoms with Crippen molar-refractivity contribution in [2.75, 3.05) is 11.6 Å². The van der Waals surface area contributed by atoms with Gasteiger partial charge in [0.25, 0.3) is 0 Å². The lowest BCUT2D eigenvalue weighted by molar-refractivity contribution is 0.228. The maximum atomic E-state index is 12.4. The van der Waals surface area contributed by atoms with E-state index >= 15 is 0 Å². The minimum Gasteiger partial charge on any atom is -0.472 e. The fraction of sp³-hybridized carbons (Fsp3) is 0.235. The summed E-state index contributed by atoms with van der Waals surface area (Å²) in [7, 11) is 0. The molecular formula is C17H16Cl2N2O2. The quantitative estimate of drug-likeness (QED) is 0.828. The molecule has 2 aromatic rings. The SMILES string of the molecule is CC1Cc2ccccc2N1C(=O)NCOc1ccc(Cl)cc1Cl. The molecule has 120 valence electrons. The Hall–Kier alpha value is -1.91. The van der Waals surface area contributed by atoms with Gasteiger partial charge in [-0.25, -0.2) is 4.79 Å². The van der Waals surface area contributed by atoms with Crippen molar-refractivity contribution in [3.63, 3.8) is 0 Å². The van der Waals surface area contributed by atoms with E-state index in [1.54, 1.807) is 23.1 Å². The van der Waals surface area contributed by atoms with Crippen LogP contribution in [-0.2, 0) is 6.42 Å².